The number of nitrogens with zero attached hydrogens (tertiary/aromatic N) is 1. The molecule has 0 bridgehead atoms. The standard InChI is InChI=1S/C18H15NO6/c1-19-15-9-13(7-8-14(15)17(21)25-18(19)22)23-11-16(20)24-10-12-5-3-2-4-6-12/h2-9H,10-11H2,1H3. The Morgan fingerprint density at radius 3 is 2.64 bits per heavy atom. The number of carbonyl (C=O) groups is 1. The molecule has 0 atom stereocenters. The molecule has 0 saturated carbocycles. The van der Waals surface area contributed by atoms with E-state index in [2.05, 4.69) is 4.42 Å². The number of aromatic nitrogens is 1. The van der Waals surface area contributed by atoms with E-state index in [1.807, 2.05) is 30.3 Å². The van der Waals surface area contributed by atoms with Gasteiger partial charge in [0.2, 0.25) is 0 Å². The maximum Gasteiger partial charge on any atom is 0.422 e. The van der Waals surface area contributed by atoms with Gasteiger partial charge in [0.1, 0.15) is 12.4 Å². The maximum atomic E-state index is 11.8. The summed E-state index contributed by atoms with van der Waals surface area (Å²) in [4.78, 5) is 34.9. The lowest BCUT2D eigenvalue weighted by molar-refractivity contribution is -0.147. The number of aryl methyl sites for hydroxylation is 1. The molecule has 7 heteroatoms. The van der Waals surface area contributed by atoms with Crippen molar-refractivity contribution < 1.29 is 18.7 Å². The van der Waals surface area contributed by atoms with Gasteiger partial charge in [-0.1, -0.05) is 30.3 Å². The minimum absolute atomic E-state index is 0.163. The number of carbonyl (C=O) groups excluding carboxylic acids is 1. The molecular weight excluding hydrogens is 326 g/mol. The molecule has 3 aromatic rings. The van der Waals surface area contributed by atoms with Crippen molar-refractivity contribution in [1.29, 1.82) is 0 Å². The SMILES string of the molecule is Cn1c(=O)oc(=O)c2ccc(OCC(=O)OCc3ccccc3)cc21. The Morgan fingerprint density at radius 2 is 1.88 bits per heavy atom. The predicted octanol–water partition coefficient (Wildman–Crippen LogP) is 1.61. The van der Waals surface area contributed by atoms with Gasteiger partial charge in [-0.2, -0.15) is 0 Å². The van der Waals surface area contributed by atoms with Crippen LogP contribution < -0.4 is 16.1 Å². The van der Waals surface area contributed by atoms with E-state index in [1.54, 1.807) is 0 Å². The molecule has 0 aliphatic carbocycles. The summed E-state index contributed by atoms with van der Waals surface area (Å²) >= 11 is 0. The van der Waals surface area contributed by atoms with Crippen molar-refractivity contribution in [2.24, 2.45) is 7.05 Å². The van der Waals surface area contributed by atoms with Crippen LogP contribution in [0.25, 0.3) is 10.9 Å². The average Bonchev–Trinajstić information content (AvgIpc) is 2.63. The molecule has 7 nitrogen and oxygen atoms in total. The first-order valence-corrected chi connectivity index (χ1v) is 7.51. The second-order valence-electron chi connectivity index (χ2n) is 5.33. The van der Waals surface area contributed by atoms with E-state index in [0.29, 0.717) is 11.3 Å². The third-order valence-corrected chi connectivity index (χ3v) is 3.60. The number of ether oxygens (including phenoxy) is 2. The smallest absolute Gasteiger partial charge is 0.422 e. The van der Waals surface area contributed by atoms with Crippen LogP contribution in [0.3, 0.4) is 0 Å². The second-order valence-corrected chi connectivity index (χ2v) is 5.33. The molecule has 0 aliphatic rings. The van der Waals surface area contributed by atoms with Crippen molar-refractivity contribution in [3.63, 3.8) is 0 Å². The van der Waals surface area contributed by atoms with Gasteiger partial charge < -0.3 is 13.9 Å². The highest BCUT2D eigenvalue weighted by Gasteiger charge is 2.10. The Bertz CT molecular complexity index is 1020. The molecule has 0 saturated heterocycles. The number of hydrogen-bond donors (Lipinski definition) is 0. The minimum Gasteiger partial charge on any atom is -0.482 e. The van der Waals surface area contributed by atoms with E-state index in [-0.39, 0.29) is 18.6 Å². The van der Waals surface area contributed by atoms with Crippen LogP contribution in [0.4, 0.5) is 0 Å². The molecule has 0 spiro atoms. The molecule has 128 valence electrons. The Kier molecular flexibility index (Phi) is 4.65. The molecule has 25 heavy (non-hydrogen) atoms. The molecule has 1 heterocycles. The minimum atomic E-state index is -0.767. The quantitative estimate of drug-likeness (QED) is 0.655. The first-order valence-electron chi connectivity index (χ1n) is 7.51. The maximum absolute atomic E-state index is 11.8. The molecular formula is C18H15NO6. The van der Waals surface area contributed by atoms with Crippen LogP contribution in [-0.4, -0.2) is 17.1 Å². The largest absolute Gasteiger partial charge is 0.482 e. The summed E-state index contributed by atoms with van der Waals surface area (Å²) in [5.74, 6) is -0.952. The predicted molar refractivity (Wildman–Crippen MR) is 89.5 cm³/mol. The monoisotopic (exact) mass is 341 g/mol. The first-order chi connectivity index (χ1) is 12.0. The lowest BCUT2D eigenvalue weighted by Crippen LogP contribution is -2.22. The topological polar surface area (TPSA) is 87.7 Å². The summed E-state index contributed by atoms with van der Waals surface area (Å²) in [7, 11) is 1.48. The van der Waals surface area contributed by atoms with Crippen molar-refractivity contribution in [3.8, 4) is 5.75 Å². The van der Waals surface area contributed by atoms with Crippen LogP contribution >= 0.6 is 0 Å². The molecule has 0 aliphatic heterocycles. The highest BCUT2D eigenvalue weighted by Crippen LogP contribution is 2.17. The highest BCUT2D eigenvalue weighted by molar-refractivity contribution is 5.79. The van der Waals surface area contributed by atoms with Gasteiger partial charge in [0.15, 0.2) is 6.61 Å². The lowest BCUT2D eigenvalue weighted by Gasteiger charge is -2.09. The fraction of sp³-hybridized carbons (Fsp3) is 0.167. The summed E-state index contributed by atoms with van der Waals surface area (Å²) < 4.78 is 16.3. The van der Waals surface area contributed by atoms with E-state index in [1.165, 1.54) is 29.8 Å². The summed E-state index contributed by atoms with van der Waals surface area (Å²) in [6, 6.07) is 13.8. The van der Waals surface area contributed by atoms with Gasteiger partial charge in [-0.15, -0.1) is 0 Å². The van der Waals surface area contributed by atoms with E-state index >= 15 is 0 Å². The third-order valence-electron chi connectivity index (χ3n) is 3.60. The highest BCUT2D eigenvalue weighted by atomic mass is 16.6. The lowest BCUT2D eigenvalue weighted by atomic mass is 10.2. The van der Waals surface area contributed by atoms with Gasteiger partial charge in [-0.25, -0.2) is 14.4 Å². The first kappa shape index (κ1) is 16.5. The molecule has 0 fully saturated rings. The number of hydrogen-bond acceptors (Lipinski definition) is 6. The van der Waals surface area contributed by atoms with Gasteiger partial charge in [0.05, 0.1) is 10.9 Å². The van der Waals surface area contributed by atoms with Crippen LogP contribution in [0.1, 0.15) is 5.56 Å². The number of benzene rings is 2. The van der Waals surface area contributed by atoms with Crippen LogP contribution in [0, 0.1) is 0 Å². The van der Waals surface area contributed by atoms with Crippen LogP contribution in [-0.2, 0) is 23.2 Å². The van der Waals surface area contributed by atoms with Crippen LogP contribution in [0.5, 0.6) is 5.75 Å². The van der Waals surface area contributed by atoms with E-state index < -0.39 is 17.4 Å². The fourth-order valence-electron chi connectivity index (χ4n) is 2.27. The molecule has 3 rings (SSSR count). The Morgan fingerprint density at radius 1 is 1.12 bits per heavy atom. The van der Waals surface area contributed by atoms with E-state index in [9.17, 15) is 14.4 Å². The number of fused-ring (bicyclic) bond motifs is 1. The van der Waals surface area contributed by atoms with E-state index in [4.69, 9.17) is 9.47 Å². The van der Waals surface area contributed by atoms with Gasteiger partial charge in [0.25, 0.3) is 0 Å². The zero-order valence-corrected chi connectivity index (χ0v) is 13.4. The normalized spacial score (nSPS) is 10.6. The molecule has 0 radical (unpaired) electrons. The fourth-order valence-corrected chi connectivity index (χ4v) is 2.27. The Labute approximate surface area is 142 Å². The van der Waals surface area contributed by atoms with Gasteiger partial charge in [-0.05, 0) is 17.7 Å². The third kappa shape index (κ3) is 3.77. The van der Waals surface area contributed by atoms with Crippen molar-refractivity contribution in [3.05, 3.63) is 75.1 Å². The second kappa shape index (κ2) is 7.04. The number of esters is 1. The molecule has 1 aromatic heterocycles. The van der Waals surface area contributed by atoms with Gasteiger partial charge in [0, 0.05) is 13.1 Å². The average molecular weight is 341 g/mol. The van der Waals surface area contributed by atoms with Crippen LogP contribution in [0.2, 0.25) is 0 Å². The molecule has 0 amide bonds. The van der Waals surface area contributed by atoms with Gasteiger partial charge >= 0.3 is 17.4 Å². The van der Waals surface area contributed by atoms with Crippen molar-refractivity contribution in [2.75, 3.05) is 6.61 Å². The Hall–Kier alpha value is -3.35. The molecule has 0 unspecified atom stereocenters. The van der Waals surface area contributed by atoms with Crippen molar-refractivity contribution in [1.82, 2.24) is 4.57 Å². The summed E-state index contributed by atoms with van der Waals surface area (Å²) in [5.41, 5.74) is 0.520. The van der Waals surface area contributed by atoms with Crippen molar-refractivity contribution >= 4 is 16.9 Å². The van der Waals surface area contributed by atoms with Crippen molar-refractivity contribution in [2.45, 2.75) is 6.61 Å². The molecule has 2 aromatic carbocycles. The van der Waals surface area contributed by atoms with E-state index in [0.717, 1.165) is 5.56 Å². The summed E-state index contributed by atoms with van der Waals surface area (Å²) in [6.45, 7) is -0.121. The number of rotatable bonds is 5. The Balaban J connectivity index is 1.67. The molecule has 0 N–H and O–H groups in total. The summed E-state index contributed by atoms with van der Waals surface area (Å²) in [5, 5.41) is 0.251. The van der Waals surface area contributed by atoms with Crippen LogP contribution in [0.15, 0.2) is 62.5 Å². The van der Waals surface area contributed by atoms with Gasteiger partial charge in [-0.3, -0.25) is 4.57 Å². The summed E-state index contributed by atoms with van der Waals surface area (Å²) in [6.07, 6.45) is 0. The zero-order valence-electron chi connectivity index (χ0n) is 13.4. The zero-order chi connectivity index (χ0) is 17.8.